The van der Waals surface area contributed by atoms with Crippen LogP contribution < -0.4 is 10.0 Å². The van der Waals surface area contributed by atoms with Gasteiger partial charge in [-0.1, -0.05) is 55.8 Å². The van der Waals surface area contributed by atoms with Crippen LogP contribution in [0.15, 0.2) is 65.6 Å². The van der Waals surface area contributed by atoms with Crippen molar-refractivity contribution in [3.8, 4) is 0 Å². The Labute approximate surface area is 212 Å². The maximum atomic E-state index is 13.2. The lowest BCUT2D eigenvalue weighted by Gasteiger charge is -2.36. The molecule has 2 aliphatic heterocycles. The van der Waals surface area contributed by atoms with Crippen molar-refractivity contribution in [3.63, 3.8) is 0 Å². The zero-order valence-corrected chi connectivity index (χ0v) is 21.8. The first kappa shape index (κ1) is 24.2. The van der Waals surface area contributed by atoms with Gasteiger partial charge in [0.05, 0.1) is 22.7 Å². The maximum absolute atomic E-state index is 13.2. The molecule has 1 unspecified atom stereocenters. The highest BCUT2D eigenvalue weighted by atomic mass is 35.5. The molecule has 3 aromatic rings. The molecule has 5 rings (SSSR count). The third kappa shape index (κ3) is 4.92. The predicted molar refractivity (Wildman–Crippen MR) is 142 cm³/mol. The summed E-state index contributed by atoms with van der Waals surface area (Å²) in [6, 6.07) is 19.4. The molecule has 1 fully saturated rings. The van der Waals surface area contributed by atoms with E-state index in [2.05, 4.69) is 48.2 Å². The highest BCUT2D eigenvalue weighted by molar-refractivity contribution is 7.92. The fourth-order valence-electron chi connectivity index (χ4n) is 5.15. The Morgan fingerprint density at radius 1 is 1.09 bits per heavy atom. The van der Waals surface area contributed by atoms with Crippen LogP contribution in [0.3, 0.4) is 0 Å². The smallest absolute Gasteiger partial charge is 0.261 e. The molecule has 5 nitrogen and oxygen atoms in total. The molecule has 0 saturated carbocycles. The largest absolute Gasteiger partial charge is 0.378 e. The van der Waals surface area contributed by atoms with Crippen molar-refractivity contribution in [2.45, 2.75) is 50.7 Å². The van der Waals surface area contributed by atoms with Crippen LogP contribution >= 0.6 is 11.6 Å². The summed E-state index contributed by atoms with van der Waals surface area (Å²) in [4.78, 5) is 0.209. The zero-order chi connectivity index (χ0) is 24.7. The van der Waals surface area contributed by atoms with Crippen molar-refractivity contribution in [2.24, 2.45) is 11.8 Å². The summed E-state index contributed by atoms with van der Waals surface area (Å²) in [6.45, 7) is 7.00. The molecule has 0 bridgehead atoms. The van der Waals surface area contributed by atoms with Crippen LogP contribution in [-0.2, 0) is 21.2 Å². The number of hydrogen-bond donors (Lipinski definition) is 2. The number of aryl methyl sites for hydroxylation is 1. The Morgan fingerprint density at radius 2 is 1.86 bits per heavy atom. The molecule has 0 spiro atoms. The summed E-state index contributed by atoms with van der Waals surface area (Å²) in [5.74, 6) is 0.858. The van der Waals surface area contributed by atoms with Gasteiger partial charge in [-0.3, -0.25) is 4.72 Å². The Hall–Kier alpha value is -2.54. The molecule has 2 N–H and O–H groups in total. The number of halogens is 1. The molecule has 0 amide bonds. The van der Waals surface area contributed by atoms with Gasteiger partial charge in [0.2, 0.25) is 0 Å². The summed E-state index contributed by atoms with van der Waals surface area (Å²) in [5.41, 5.74) is 5.72. The Kier molecular flexibility index (Phi) is 6.55. The van der Waals surface area contributed by atoms with E-state index in [1.807, 2.05) is 13.0 Å². The van der Waals surface area contributed by atoms with Crippen molar-refractivity contribution in [1.82, 2.24) is 0 Å². The molecule has 3 atom stereocenters. The van der Waals surface area contributed by atoms with Crippen molar-refractivity contribution >= 4 is 33.0 Å². The molecule has 2 heterocycles. The third-order valence-electron chi connectivity index (χ3n) is 6.92. The van der Waals surface area contributed by atoms with Crippen LogP contribution in [0.5, 0.6) is 0 Å². The van der Waals surface area contributed by atoms with Gasteiger partial charge >= 0.3 is 0 Å². The van der Waals surface area contributed by atoms with Crippen LogP contribution in [0.25, 0.3) is 0 Å². The van der Waals surface area contributed by atoms with Crippen molar-refractivity contribution in [3.05, 3.63) is 87.9 Å². The highest BCUT2D eigenvalue weighted by Crippen LogP contribution is 2.50. The topological polar surface area (TPSA) is 67.4 Å². The summed E-state index contributed by atoms with van der Waals surface area (Å²) < 4.78 is 35.1. The van der Waals surface area contributed by atoms with Crippen molar-refractivity contribution < 1.29 is 13.2 Å². The van der Waals surface area contributed by atoms with Crippen LogP contribution in [0.2, 0.25) is 5.02 Å². The standard InChI is InChI=1S/C28H31ClN2O3S/c1-17(2)14-19-5-7-20(8-6-19)27-23-12-13-34-28(23)24-16-22(10-11-26(24)30-27)35(32,33)31-21-9-4-18(3)25(29)15-21/h4-11,15-17,23,27-28,30-31H,12-14H2,1-3H3/t23-,27?,28-/m0/s1. The highest BCUT2D eigenvalue weighted by Gasteiger charge is 2.42. The quantitative estimate of drug-likeness (QED) is 0.379. The molecule has 3 aromatic carbocycles. The number of benzene rings is 3. The van der Waals surface area contributed by atoms with E-state index in [0.29, 0.717) is 23.2 Å². The van der Waals surface area contributed by atoms with Gasteiger partial charge in [-0.05, 0) is 72.7 Å². The van der Waals surface area contributed by atoms with E-state index in [-0.39, 0.29) is 23.0 Å². The van der Waals surface area contributed by atoms with Gasteiger partial charge in [-0.25, -0.2) is 8.42 Å². The van der Waals surface area contributed by atoms with E-state index >= 15 is 0 Å². The first-order valence-corrected chi connectivity index (χ1v) is 14.0. The minimum Gasteiger partial charge on any atom is -0.378 e. The second kappa shape index (κ2) is 9.49. The van der Waals surface area contributed by atoms with Crippen LogP contribution in [0.4, 0.5) is 11.4 Å². The molecular weight excluding hydrogens is 480 g/mol. The fraction of sp³-hybridized carbons (Fsp3) is 0.357. The number of nitrogens with one attached hydrogen (secondary N) is 2. The molecule has 0 aliphatic carbocycles. The lowest BCUT2D eigenvalue weighted by Crippen LogP contribution is -2.29. The van der Waals surface area contributed by atoms with Gasteiger partial charge in [0.25, 0.3) is 10.0 Å². The normalized spacial score (nSPS) is 21.3. The fourth-order valence-corrected chi connectivity index (χ4v) is 6.42. The lowest BCUT2D eigenvalue weighted by atomic mass is 9.81. The van der Waals surface area contributed by atoms with Gasteiger partial charge in [-0.2, -0.15) is 0 Å². The van der Waals surface area contributed by atoms with Gasteiger partial charge in [0, 0.05) is 28.8 Å². The van der Waals surface area contributed by atoms with E-state index < -0.39 is 10.0 Å². The zero-order valence-electron chi connectivity index (χ0n) is 20.2. The van der Waals surface area contributed by atoms with Crippen LogP contribution in [0.1, 0.15) is 54.7 Å². The maximum Gasteiger partial charge on any atom is 0.261 e. The molecule has 1 saturated heterocycles. The second-order valence-electron chi connectivity index (χ2n) is 10.0. The summed E-state index contributed by atoms with van der Waals surface area (Å²) >= 11 is 6.18. The first-order valence-electron chi connectivity index (χ1n) is 12.1. The molecule has 7 heteroatoms. The molecule has 184 valence electrons. The minimum atomic E-state index is -3.78. The Balaban J connectivity index is 1.42. The summed E-state index contributed by atoms with van der Waals surface area (Å²) in [7, 11) is -3.78. The molecule has 0 radical (unpaired) electrons. The molecule has 0 aromatic heterocycles. The molecular formula is C28H31ClN2O3S. The minimum absolute atomic E-state index is 0.124. The Bertz CT molecular complexity index is 1340. The number of ether oxygens (including phenoxy) is 1. The van der Waals surface area contributed by atoms with Crippen molar-refractivity contribution in [2.75, 3.05) is 16.6 Å². The van der Waals surface area contributed by atoms with Gasteiger partial charge in [0.15, 0.2) is 0 Å². The van der Waals surface area contributed by atoms with E-state index in [9.17, 15) is 8.42 Å². The molecule has 2 aliphatic rings. The SMILES string of the molecule is Cc1ccc(NS(=O)(=O)c2ccc3c(c2)[C@H]2OCC[C@H]2C(c2ccc(CC(C)C)cc2)N3)cc1Cl. The van der Waals surface area contributed by atoms with Gasteiger partial charge < -0.3 is 10.1 Å². The Morgan fingerprint density at radius 3 is 2.57 bits per heavy atom. The predicted octanol–water partition coefficient (Wildman–Crippen LogP) is 6.89. The van der Waals surface area contributed by atoms with Crippen molar-refractivity contribution in [1.29, 1.82) is 0 Å². The van der Waals surface area contributed by atoms with Crippen LogP contribution in [-0.4, -0.2) is 15.0 Å². The second-order valence-corrected chi connectivity index (χ2v) is 12.1. The van der Waals surface area contributed by atoms with E-state index in [1.165, 1.54) is 11.1 Å². The van der Waals surface area contributed by atoms with Gasteiger partial charge in [0.1, 0.15) is 0 Å². The average Bonchev–Trinajstić information content (AvgIpc) is 3.31. The van der Waals surface area contributed by atoms with E-state index in [1.54, 1.807) is 30.3 Å². The van der Waals surface area contributed by atoms with Gasteiger partial charge in [-0.15, -0.1) is 0 Å². The monoisotopic (exact) mass is 510 g/mol. The summed E-state index contributed by atoms with van der Waals surface area (Å²) in [6.07, 6.45) is 1.85. The first-order chi connectivity index (χ1) is 16.7. The van der Waals surface area contributed by atoms with Crippen LogP contribution in [0, 0.1) is 18.8 Å². The van der Waals surface area contributed by atoms with E-state index in [4.69, 9.17) is 16.3 Å². The number of sulfonamides is 1. The van der Waals surface area contributed by atoms with E-state index in [0.717, 1.165) is 29.7 Å². The number of fused-ring (bicyclic) bond motifs is 3. The number of rotatable bonds is 6. The lowest BCUT2D eigenvalue weighted by molar-refractivity contribution is 0.0827. The number of anilines is 2. The third-order valence-corrected chi connectivity index (χ3v) is 8.71. The average molecular weight is 511 g/mol. The number of hydrogen-bond acceptors (Lipinski definition) is 4. The summed E-state index contributed by atoms with van der Waals surface area (Å²) in [5, 5.41) is 4.19. The molecule has 35 heavy (non-hydrogen) atoms.